The molecule has 0 aliphatic heterocycles. The molecule has 7 heteroatoms. The first-order valence-corrected chi connectivity index (χ1v) is 6.23. The zero-order valence-electron chi connectivity index (χ0n) is 11.2. The second-order valence-electron chi connectivity index (χ2n) is 4.41. The summed E-state index contributed by atoms with van der Waals surface area (Å²) in [6.45, 7) is 2.48. The van der Waals surface area contributed by atoms with Crippen LogP contribution in [0.4, 0.5) is 13.2 Å². The Hall–Kier alpha value is -1.89. The summed E-state index contributed by atoms with van der Waals surface area (Å²) in [4.78, 5) is 4.08. The molecule has 2 rings (SSSR count). The molecule has 1 N–H and O–H groups in total. The van der Waals surface area contributed by atoms with Crippen LogP contribution in [0.2, 0.25) is 0 Å². The molecule has 0 aliphatic rings. The Morgan fingerprint density at radius 1 is 1.25 bits per heavy atom. The second kappa shape index (κ2) is 6.04. The van der Waals surface area contributed by atoms with E-state index < -0.39 is 17.5 Å². The molecule has 108 valence electrons. The monoisotopic (exact) mass is 284 g/mol. The van der Waals surface area contributed by atoms with E-state index in [1.807, 2.05) is 6.92 Å². The van der Waals surface area contributed by atoms with Gasteiger partial charge in [0.15, 0.2) is 17.5 Å². The third-order valence-electron chi connectivity index (χ3n) is 3.05. The summed E-state index contributed by atoms with van der Waals surface area (Å²) in [5.74, 6) is -3.18. The van der Waals surface area contributed by atoms with Gasteiger partial charge in [-0.3, -0.25) is 4.68 Å². The van der Waals surface area contributed by atoms with E-state index in [4.69, 9.17) is 0 Å². The van der Waals surface area contributed by atoms with Crippen molar-refractivity contribution in [1.82, 2.24) is 20.1 Å². The highest BCUT2D eigenvalue weighted by Gasteiger charge is 2.18. The molecular formula is C13H15F3N4. The molecule has 20 heavy (non-hydrogen) atoms. The van der Waals surface area contributed by atoms with Gasteiger partial charge in [0.25, 0.3) is 0 Å². The van der Waals surface area contributed by atoms with Crippen molar-refractivity contribution in [2.24, 2.45) is 7.05 Å². The van der Waals surface area contributed by atoms with Gasteiger partial charge in [0.1, 0.15) is 12.2 Å². The SMILES string of the molecule is CCNC(Cc1ncnn1C)c1cc(F)c(F)c(F)c1. The van der Waals surface area contributed by atoms with Gasteiger partial charge in [-0.05, 0) is 24.2 Å². The molecule has 0 saturated heterocycles. The van der Waals surface area contributed by atoms with Gasteiger partial charge in [0, 0.05) is 19.5 Å². The van der Waals surface area contributed by atoms with Crippen LogP contribution in [0, 0.1) is 17.5 Å². The third kappa shape index (κ3) is 2.98. The van der Waals surface area contributed by atoms with Crippen molar-refractivity contribution in [1.29, 1.82) is 0 Å². The van der Waals surface area contributed by atoms with Crippen LogP contribution in [-0.2, 0) is 13.5 Å². The lowest BCUT2D eigenvalue weighted by Crippen LogP contribution is -2.24. The lowest BCUT2D eigenvalue weighted by molar-refractivity contribution is 0.438. The molecule has 1 atom stereocenters. The fourth-order valence-corrected chi connectivity index (χ4v) is 2.02. The number of likely N-dealkylation sites (N-methyl/N-ethyl adjacent to an activating group) is 1. The predicted octanol–water partition coefficient (Wildman–Crippen LogP) is 2.13. The molecule has 2 aromatic rings. The van der Waals surface area contributed by atoms with Crippen LogP contribution in [0.5, 0.6) is 0 Å². The largest absolute Gasteiger partial charge is 0.310 e. The average Bonchev–Trinajstić information content (AvgIpc) is 2.80. The topological polar surface area (TPSA) is 42.7 Å². The Kier molecular flexibility index (Phi) is 4.39. The van der Waals surface area contributed by atoms with E-state index in [0.29, 0.717) is 24.4 Å². The Bertz CT molecular complexity index is 574. The number of halogens is 3. The molecule has 0 fully saturated rings. The van der Waals surface area contributed by atoms with E-state index in [1.165, 1.54) is 6.33 Å². The summed E-state index contributed by atoms with van der Waals surface area (Å²) >= 11 is 0. The van der Waals surface area contributed by atoms with Crippen molar-refractivity contribution in [2.75, 3.05) is 6.54 Å². The first-order valence-electron chi connectivity index (χ1n) is 6.23. The number of nitrogens with zero attached hydrogens (tertiary/aromatic N) is 3. The van der Waals surface area contributed by atoms with Gasteiger partial charge in [-0.25, -0.2) is 18.2 Å². The molecule has 0 amide bonds. The summed E-state index contributed by atoms with van der Waals surface area (Å²) in [5.41, 5.74) is 0.339. The van der Waals surface area contributed by atoms with Crippen molar-refractivity contribution < 1.29 is 13.2 Å². The van der Waals surface area contributed by atoms with Crippen molar-refractivity contribution in [3.05, 3.63) is 47.3 Å². The van der Waals surface area contributed by atoms with Gasteiger partial charge >= 0.3 is 0 Å². The number of hydrogen-bond acceptors (Lipinski definition) is 3. The minimum absolute atomic E-state index is 0.339. The number of rotatable bonds is 5. The minimum Gasteiger partial charge on any atom is -0.310 e. The van der Waals surface area contributed by atoms with Gasteiger partial charge in [-0.1, -0.05) is 6.92 Å². The molecule has 0 radical (unpaired) electrons. The lowest BCUT2D eigenvalue weighted by atomic mass is 10.0. The summed E-state index contributed by atoms with van der Waals surface area (Å²) in [7, 11) is 1.73. The Labute approximate surface area is 114 Å². The highest BCUT2D eigenvalue weighted by Crippen LogP contribution is 2.22. The minimum atomic E-state index is -1.46. The molecule has 0 spiro atoms. The van der Waals surface area contributed by atoms with E-state index >= 15 is 0 Å². The quantitative estimate of drug-likeness (QED) is 0.855. The normalized spacial score (nSPS) is 12.7. The Morgan fingerprint density at radius 3 is 2.40 bits per heavy atom. The summed E-state index contributed by atoms with van der Waals surface area (Å²) in [6.07, 6.45) is 1.80. The zero-order chi connectivity index (χ0) is 14.7. The molecule has 1 aromatic carbocycles. The maximum Gasteiger partial charge on any atom is 0.194 e. The van der Waals surface area contributed by atoms with Crippen LogP contribution in [0.1, 0.15) is 24.4 Å². The molecule has 0 aliphatic carbocycles. The zero-order valence-corrected chi connectivity index (χ0v) is 11.2. The fraction of sp³-hybridized carbons (Fsp3) is 0.385. The van der Waals surface area contributed by atoms with Crippen molar-refractivity contribution in [3.63, 3.8) is 0 Å². The van der Waals surface area contributed by atoms with E-state index in [0.717, 1.165) is 12.1 Å². The molecule has 0 bridgehead atoms. The maximum absolute atomic E-state index is 13.3. The van der Waals surface area contributed by atoms with Crippen LogP contribution in [-0.4, -0.2) is 21.3 Å². The fourth-order valence-electron chi connectivity index (χ4n) is 2.02. The van der Waals surface area contributed by atoms with Crippen LogP contribution in [0.25, 0.3) is 0 Å². The van der Waals surface area contributed by atoms with Gasteiger partial charge in [0.05, 0.1) is 0 Å². The first-order chi connectivity index (χ1) is 9.52. The number of aromatic nitrogens is 3. The van der Waals surface area contributed by atoms with Gasteiger partial charge in [0.2, 0.25) is 0 Å². The number of benzene rings is 1. The number of aryl methyl sites for hydroxylation is 1. The Balaban J connectivity index is 2.31. The smallest absolute Gasteiger partial charge is 0.194 e. The molecule has 0 saturated carbocycles. The number of hydrogen-bond donors (Lipinski definition) is 1. The molecule has 1 aromatic heterocycles. The van der Waals surface area contributed by atoms with Gasteiger partial charge in [-0.15, -0.1) is 0 Å². The van der Waals surface area contributed by atoms with Crippen LogP contribution < -0.4 is 5.32 Å². The van der Waals surface area contributed by atoms with E-state index in [2.05, 4.69) is 15.4 Å². The molecule has 1 unspecified atom stereocenters. The average molecular weight is 284 g/mol. The molecule has 4 nitrogen and oxygen atoms in total. The van der Waals surface area contributed by atoms with Crippen molar-refractivity contribution >= 4 is 0 Å². The summed E-state index contributed by atoms with van der Waals surface area (Å²) < 4.78 is 41.2. The lowest BCUT2D eigenvalue weighted by Gasteiger charge is -2.18. The first kappa shape index (κ1) is 14.5. The maximum atomic E-state index is 13.3. The molecular weight excluding hydrogens is 269 g/mol. The predicted molar refractivity (Wildman–Crippen MR) is 67.4 cm³/mol. The highest BCUT2D eigenvalue weighted by molar-refractivity contribution is 5.23. The summed E-state index contributed by atoms with van der Waals surface area (Å²) in [6, 6.07) is 1.64. The van der Waals surface area contributed by atoms with Crippen molar-refractivity contribution in [3.8, 4) is 0 Å². The van der Waals surface area contributed by atoms with Gasteiger partial charge < -0.3 is 5.32 Å². The van der Waals surface area contributed by atoms with E-state index in [-0.39, 0.29) is 6.04 Å². The highest BCUT2D eigenvalue weighted by atomic mass is 19.2. The Morgan fingerprint density at radius 2 is 1.90 bits per heavy atom. The van der Waals surface area contributed by atoms with E-state index in [9.17, 15) is 13.2 Å². The van der Waals surface area contributed by atoms with Crippen molar-refractivity contribution in [2.45, 2.75) is 19.4 Å². The molecule has 1 heterocycles. The second-order valence-corrected chi connectivity index (χ2v) is 4.41. The van der Waals surface area contributed by atoms with Gasteiger partial charge in [-0.2, -0.15) is 5.10 Å². The van der Waals surface area contributed by atoms with Crippen LogP contribution in [0.3, 0.4) is 0 Å². The van der Waals surface area contributed by atoms with Crippen LogP contribution >= 0.6 is 0 Å². The summed E-state index contributed by atoms with van der Waals surface area (Å²) in [5, 5.41) is 7.04. The van der Waals surface area contributed by atoms with Crippen LogP contribution in [0.15, 0.2) is 18.5 Å². The third-order valence-corrected chi connectivity index (χ3v) is 3.05. The standard InChI is InChI=1S/C13H15F3N4/c1-3-17-11(6-12-18-7-19-20(12)2)8-4-9(14)13(16)10(15)5-8/h4-5,7,11,17H,3,6H2,1-2H3. The van der Waals surface area contributed by atoms with E-state index in [1.54, 1.807) is 11.7 Å². The number of nitrogens with one attached hydrogen (secondary N) is 1.